The van der Waals surface area contributed by atoms with Gasteiger partial charge in [-0.05, 0) is 59.5 Å². The van der Waals surface area contributed by atoms with E-state index in [0.29, 0.717) is 30.0 Å². The second kappa shape index (κ2) is 10.9. The molecule has 0 aliphatic carbocycles. The second-order valence-electron chi connectivity index (χ2n) is 7.17. The van der Waals surface area contributed by atoms with Crippen molar-refractivity contribution < 1.29 is 19.4 Å². The number of phenols is 1. The van der Waals surface area contributed by atoms with Crippen LogP contribution < -0.4 is 14.8 Å². The van der Waals surface area contributed by atoms with E-state index in [0.717, 1.165) is 22.3 Å². The van der Waals surface area contributed by atoms with Crippen molar-refractivity contribution >= 4 is 24.1 Å². The third kappa shape index (κ3) is 5.79. The summed E-state index contributed by atoms with van der Waals surface area (Å²) >= 11 is 0. The van der Waals surface area contributed by atoms with Crippen molar-refractivity contribution in [3.63, 3.8) is 0 Å². The number of carbonyl (C=O) groups excluding carboxylic acids is 1. The summed E-state index contributed by atoms with van der Waals surface area (Å²) in [4.78, 5) is 12.4. The number of hydrogen-bond acceptors (Lipinski definition) is 4. The average molecular weight is 430 g/mol. The van der Waals surface area contributed by atoms with E-state index in [-0.39, 0.29) is 11.7 Å². The van der Waals surface area contributed by atoms with E-state index in [1.165, 1.54) is 0 Å². The molecule has 0 aliphatic heterocycles. The number of rotatable bonds is 9. The van der Waals surface area contributed by atoms with Gasteiger partial charge in [0.2, 0.25) is 0 Å². The first kappa shape index (κ1) is 22.7. The van der Waals surface area contributed by atoms with Crippen molar-refractivity contribution in [3.8, 4) is 17.2 Å². The van der Waals surface area contributed by atoms with Gasteiger partial charge in [0.25, 0.3) is 5.91 Å². The van der Waals surface area contributed by atoms with E-state index in [4.69, 9.17) is 9.47 Å². The van der Waals surface area contributed by atoms with Crippen molar-refractivity contribution in [2.75, 3.05) is 20.8 Å². The summed E-state index contributed by atoms with van der Waals surface area (Å²) in [5.74, 6) is 1.50. The van der Waals surface area contributed by atoms with Crippen LogP contribution in [0.2, 0.25) is 0 Å². The van der Waals surface area contributed by atoms with E-state index in [2.05, 4.69) is 11.9 Å². The number of benzene rings is 3. The summed E-state index contributed by atoms with van der Waals surface area (Å²) in [6.45, 7) is 4.33. The van der Waals surface area contributed by atoms with Crippen LogP contribution in [-0.2, 0) is 6.42 Å². The number of aromatic hydroxyl groups is 1. The first-order chi connectivity index (χ1) is 15.5. The highest BCUT2D eigenvalue weighted by Crippen LogP contribution is 2.32. The number of hydrogen-bond donors (Lipinski definition) is 2. The molecule has 0 aromatic heterocycles. The minimum Gasteiger partial charge on any atom is -0.508 e. The fourth-order valence-electron chi connectivity index (χ4n) is 3.28. The Kier molecular flexibility index (Phi) is 7.70. The molecule has 0 heterocycles. The van der Waals surface area contributed by atoms with Crippen molar-refractivity contribution in [2.45, 2.75) is 6.42 Å². The summed E-state index contributed by atoms with van der Waals surface area (Å²) in [5, 5.41) is 12.2. The second-order valence-corrected chi connectivity index (χ2v) is 7.17. The topological polar surface area (TPSA) is 67.8 Å². The maximum Gasteiger partial charge on any atom is 0.251 e. The molecule has 0 atom stereocenters. The van der Waals surface area contributed by atoms with Gasteiger partial charge in [-0.25, -0.2) is 0 Å². The molecule has 0 saturated carbocycles. The number of amides is 1. The molecule has 3 rings (SSSR count). The van der Waals surface area contributed by atoms with Crippen LogP contribution in [0.3, 0.4) is 0 Å². The average Bonchev–Trinajstić information content (AvgIpc) is 2.83. The van der Waals surface area contributed by atoms with Crippen molar-refractivity contribution in [2.24, 2.45) is 0 Å². The van der Waals surface area contributed by atoms with Gasteiger partial charge in [0.05, 0.1) is 19.8 Å². The maximum atomic E-state index is 12.4. The first-order valence-electron chi connectivity index (χ1n) is 10.3. The molecule has 0 bridgehead atoms. The molecule has 0 saturated heterocycles. The molecule has 0 unspecified atom stereocenters. The highest BCUT2D eigenvalue weighted by molar-refractivity contribution is 5.94. The first-order valence-corrected chi connectivity index (χ1v) is 10.3. The van der Waals surface area contributed by atoms with Crippen molar-refractivity contribution in [1.29, 1.82) is 0 Å². The maximum absolute atomic E-state index is 12.4. The van der Waals surface area contributed by atoms with Crippen LogP contribution in [-0.4, -0.2) is 31.8 Å². The van der Waals surface area contributed by atoms with Crippen LogP contribution in [0.25, 0.3) is 18.2 Å². The lowest BCUT2D eigenvalue weighted by Crippen LogP contribution is -2.25. The van der Waals surface area contributed by atoms with Crippen LogP contribution in [0.5, 0.6) is 17.2 Å². The van der Waals surface area contributed by atoms with Crippen molar-refractivity contribution in [1.82, 2.24) is 5.32 Å². The Balaban J connectivity index is 1.61. The minimum atomic E-state index is -0.117. The molecule has 0 radical (unpaired) electrons. The molecule has 0 spiro atoms. The van der Waals surface area contributed by atoms with Gasteiger partial charge in [0.1, 0.15) is 17.2 Å². The number of methoxy groups -OCH3 is 2. The van der Waals surface area contributed by atoms with E-state index >= 15 is 0 Å². The lowest BCUT2D eigenvalue weighted by atomic mass is 10.1. The number of ether oxygens (including phenoxy) is 2. The molecule has 3 aromatic rings. The molecular formula is C27H27NO4. The highest BCUT2D eigenvalue weighted by atomic mass is 16.5. The monoisotopic (exact) mass is 429 g/mol. The molecule has 2 N–H and O–H groups in total. The molecular weight excluding hydrogens is 402 g/mol. The van der Waals surface area contributed by atoms with Gasteiger partial charge < -0.3 is 19.9 Å². The zero-order valence-electron chi connectivity index (χ0n) is 18.3. The molecule has 3 aromatic carbocycles. The quantitative estimate of drug-likeness (QED) is 0.459. The van der Waals surface area contributed by atoms with Gasteiger partial charge in [0, 0.05) is 12.1 Å². The normalized spacial score (nSPS) is 10.7. The largest absolute Gasteiger partial charge is 0.508 e. The van der Waals surface area contributed by atoms with Gasteiger partial charge in [-0.1, -0.05) is 49.1 Å². The number of phenolic OH excluding ortho intramolecular Hbond substituents is 1. The van der Waals surface area contributed by atoms with Gasteiger partial charge in [-0.15, -0.1) is 0 Å². The molecule has 5 heteroatoms. The summed E-state index contributed by atoms with van der Waals surface area (Å²) in [6.07, 6.45) is 6.34. The van der Waals surface area contributed by atoms with E-state index in [9.17, 15) is 9.90 Å². The minimum absolute atomic E-state index is 0.117. The van der Waals surface area contributed by atoms with Crippen LogP contribution in [0.4, 0.5) is 0 Å². The van der Waals surface area contributed by atoms with Gasteiger partial charge in [0.15, 0.2) is 0 Å². The van der Waals surface area contributed by atoms with Crippen LogP contribution >= 0.6 is 0 Å². The SMILES string of the molecule is C=Cc1c(OC)cc(/C=C/c2ccc(C(=O)NCCc3ccc(O)cc3)cc2)cc1OC. The van der Waals surface area contributed by atoms with E-state index in [1.54, 1.807) is 44.6 Å². The van der Waals surface area contributed by atoms with Crippen LogP contribution in [0.1, 0.15) is 32.6 Å². The zero-order valence-corrected chi connectivity index (χ0v) is 18.3. The third-order valence-corrected chi connectivity index (χ3v) is 5.05. The molecule has 5 nitrogen and oxygen atoms in total. The number of nitrogens with one attached hydrogen (secondary N) is 1. The van der Waals surface area contributed by atoms with Gasteiger partial charge in [-0.3, -0.25) is 4.79 Å². The Morgan fingerprint density at radius 3 is 2.09 bits per heavy atom. The smallest absolute Gasteiger partial charge is 0.251 e. The third-order valence-electron chi connectivity index (χ3n) is 5.05. The molecule has 164 valence electrons. The fourth-order valence-corrected chi connectivity index (χ4v) is 3.28. The standard InChI is InChI=1S/C27H27NO4/c1-4-24-25(31-2)17-21(18-26(24)32-3)6-5-19-7-11-22(12-8-19)27(30)28-16-15-20-9-13-23(29)14-10-20/h4-14,17-18,29H,1,15-16H2,2-3H3,(H,28,30)/b6-5+. The van der Waals surface area contributed by atoms with E-state index in [1.807, 2.05) is 48.6 Å². The Morgan fingerprint density at radius 2 is 1.53 bits per heavy atom. The predicted octanol–water partition coefficient (Wildman–Crippen LogP) is 5.20. The lowest BCUT2D eigenvalue weighted by Gasteiger charge is -2.11. The van der Waals surface area contributed by atoms with Crippen LogP contribution in [0, 0.1) is 0 Å². The molecule has 0 aliphatic rings. The predicted molar refractivity (Wildman–Crippen MR) is 129 cm³/mol. The summed E-state index contributed by atoms with van der Waals surface area (Å²) in [6, 6.07) is 18.2. The summed E-state index contributed by atoms with van der Waals surface area (Å²) < 4.78 is 10.9. The highest BCUT2D eigenvalue weighted by Gasteiger charge is 2.09. The lowest BCUT2D eigenvalue weighted by molar-refractivity contribution is 0.0954. The molecule has 0 fully saturated rings. The summed E-state index contributed by atoms with van der Waals surface area (Å²) in [5.41, 5.74) is 4.37. The Morgan fingerprint density at radius 1 is 0.938 bits per heavy atom. The summed E-state index contributed by atoms with van der Waals surface area (Å²) in [7, 11) is 3.23. The molecule has 32 heavy (non-hydrogen) atoms. The Hall–Kier alpha value is -3.99. The van der Waals surface area contributed by atoms with Gasteiger partial charge in [-0.2, -0.15) is 0 Å². The van der Waals surface area contributed by atoms with E-state index < -0.39 is 0 Å². The zero-order chi connectivity index (χ0) is 22.9. The Bertz CT molecular complexity index is 1070. The van der Waals surface area contributed by atoms with Crippen molar-refractivity contribution in [3.05, 3.63) is 95.1 Å². The van der Waals surface area contributed by atoms with Gasteiger partial charge >= 0.3 is 0 Å². The van der Waals surface area contributed by atoms with Crippen LogP contribution in [0.15, 0.2) is 67.2 Å². The number of carbonyl (C=O) groups is 1. The fraction of sp³-hybridized carbons (Fsp3) is 0.148. The Labute approximate surface area is 188 Å². The molecule has 1 amide bonds.